The van der Waals surface area contributed by atoms with Crippen molar-refractivity contribution in [2.24, 2.45) is 17.1 Å². The molecule has 0 aromatic carbocycles. The molecule has 1 atom stereocenters. The number of carbonyl (C=O) groups is 2. The summed E-state index contributed by atoms with van der Waals surface area (Å²) in [6.45, 7) is 5.97. The second-order valence-electron chi connectivity index (χ2n) is 4.92. The van der Waals surface area contributed by atoms with E-state index in [0.29, 0.717) is 12.5 Å². The van der Waals surface area contributed by atoms with E-state index in [1.807, 2.05) is 13.8 Å². The fraction of sp³-hybridized carbons (Fsp3) is 0.833. The Hall–Kier alpha value is -1.30. The molecule has 2 N–H and O–H groups in total. The lowest BCUT2D eigenvalue weighted by Gasteiger charge is -2.25. The van der Waals surface area contributed by atoms with Gasteiger partial charge in [-0.05, 0) is 19.3 Å². The summed E-state index contributed by atoms with van der Waals surface area (Å²) in [7, 11) is 1.46. The highest BCUT2D eigenvalue weighted by atomic mass is 16.6. The van der Waals surface area contributed by atoms with Crippen molar-refractivity contribution in [3.8, 4) is 0 Å². The highest BCUT2D eigenvalue weighted by Crippen LogP contribution is 2.20. The summed E-state index contributed by atoms with van der Waals surface area (Å²) >= 11 is 0. The first-order valence-electron chi connectivity index (χ1n) is 5.90. The Labute approximate surface area is 108 Å². The SMILES string of the molecule is COCC(C)(COC(N)=O)C(=O)OCCC(C)C. The lowest BCUT2D eigenvalue weighted by atomic mass is 9.93. The van der Waals surface area contributed by atoms with Crippen LogP contribution in [0, 0.1) is 11.3 Å². The average Bonchev–Trinajstić information content (AvgIpc) is 2.26. The zero-order valence-corrected chi connectivity index (χ0v) is 11.5. The summed E-state index contributed by atoms with van der Waals surface area (Å²) in [4.78, 5) is 22.5. The van der Waals surface area contributed by atoms with E-state index in [0.717, 1.165) is 6.42 Å². The predicted molar refractivity (Wildman–Crippen MR) is 65.9 cm³/mol. The van der Waals surface area contributed by atoms with Crippen molar-refractivity contribution in [3.05, 3.63) is 0 Å². The molecular formula is C12H23NO5. The smallest absolute Gasteiger partial charge is 0.404 e. The molecule has 6 nitrogen and oxygen atoms in total. The molecular weight excluding hydrogens is 238 g/mol. The Morgan fingerprint density at radius 1 is 1.22 bits per heavy atom. The number of rotatable bonds is 8. The summed E-state index contributed by atoms with van der Waals surface area (Å²) in [5, 5.41) is 0. The van der Waals surface area contributed by atoms with Crippen molar-refractivity contribution in [3.63, 3.8) is 0 Å². The first kappa shape index (κ1) is 16.7. The van der Waals surface area contributed by atoms with Crippen LogP contribution in [0.25, 0.3) is 0 Å². The van der Waals surface area contributed by atoms with Crippen LogP contribution >= 0.6 is 0 Å². The molecule has 0 aromatic heterocycles. The van der Waals surface area contributed by atoms with Crippen LogP contribution in [0.2, 0.25) is 0 Å². The number of ether oxygens (including phenoxy) is 3. The minimum absolute atomic E-state index is 0.0980. The number of nitrogens with two attached hydrogens (primary N) is 1. The normalized spacial score (nSPS) is 14.1. The number of amides is 1. The number of methoxy groups -OCH3 is 1. The van der Waals surface area contributed by atoms with Crippen LogP contribution < -0.4 is 5.73 Å². The fourth-order valence-corrected chi connectivity index (χ4v) is 1.27. The van der Waals surface area contributed by atoms with Gasteiger partial charge in [-0.2, -0.15) is 0 Å². The molecule has 106 valence electrons. The van der Waals surface area contributed by atoms with E-state index in [4.69, 9.17) is 15.2 Å². The van der Waals surface area contributed by atoms with Gasteiger partial charge in [0.1, 0.15) is 12.0 Å². The van der Waals surface area contributed by atoms with E-state index in [1.165, 1.54) is 7.11 Å². The molecule has 0 saturated carbocycles. The maximum atomic E-state index is 11.9. The Bertz CT molecular complexity index is 280. The van der Waals surface area contributed by atoms with Gasteiger partial charge in [0.05, 0.1) is 13.2 Å². The minimum Gasteiger partial charge on any atom is -0.465 e. The molecule has 0 heterocycles. The second kappa shape index (κ2) is 7.92. The van der Waals surface area contributed by atoms with Crippen LogP contribution in [0.1, 0.15) is 27.2 Å². The zero-order chi connectivity index (χ0) is 14.2. The third-order valence-electron chi connectivity index (χ3n) is 2.42. The van der Waals surface area contributed by atoms with Crippen molar-refractivity contribution in [1.29, 1.82) is 0 Å². The van der Waals surface area contributed by atoms with Crippen LogP contribution in [0.15, 0.2) is 0 Å². The molecule has 0 aliphatic rings. The number of hydrogen-bond acceptors (Lipinski definition) is 5. The molecule has 6 heteroatoms. The lowest BCUT2D eigenvalue weighted by molar-refractivity contribution is -0.161. The van der Waals surface area contributed by atoms with Crippen LogP contribution in [0.5, 0.6) is 0 Å². The largest absolute Gasteiger partial charge is 0.465 e. The van der Waals surface area contributed by atoms with Gasteiger partial charge in [-0.15, -0.1) is 0 Å². The van der Waals surface area contributed by atoms with E-state index < -0.39 is 17.5 Å². The topological polar surface area (TPSA) is 87.9 Å². The molecule has 0 aromatic rings. The molecule has 1 unspecified atom stereocenters. The van der Waals surface area contributed by atoms with E-state index in [2.05, 4.69) is 4.74 Å². The molecule has 0 rings (SSSR count). The van der Waals surface area contributed by atoms with E-state index >= 15 is 0 Å². The van der Waals surface area contributed by atoms with Gasteiger partial charge < -0.3 is 19.9 Å². The van der Waals surface area contributed by atoms with Gasteiger partial charge in [-0.3, -0.25) is 4.79 Å². The van der Waals surface area contributed by atoms with Crippen LogP contribution in [0.4, 0.5) is 4.79 Å². The zero-order valence-electron chi connectivity index (χ0n) is 11.5. The molecule has 0 radical (unpaired) electrons. The Kier molecular flexibility index (Phi) is 7.35. The number of hydrogen-bond donors (Lipinski definition) is 1. The Balaban J connectivity index is 4.36. The van der Waals surface area contributed by atoms with Gasteiger partial charge >= 0.3 is 12.1 Å². The number of primary amides is 1. The predicted octanol–water partition coefficient (Wildman–Crippen LogP) is 1.32. The maximum absolute atomic E-state index is 11.9. The summed E-state index contributed by atoms with van der Waals surface area (Å²) in [5.74, 6) is -0.000370. The molecule has 18 heavy (non-hydrogen) atoms. The summed E-state index contributed by atoms with van der Waals surface area (Å²) in [6.07, 6.45) is -0.141. The van der Waals surface area contributed by atoms with Gasteiger partial charge in [0.15, 0.2) is 0 Å². The highest BCUT2D eigenvalue weighted by molar-refractivity contribution is 5.77. The van der Waals surface area contributed by atoms with E-state index in [9.17, 15) is 9.59 Å². The fourth-order valence-electron chi connectivity index (χ4n) is 1.27. The second-order valence-corrected chi connectivity index (χ2v) is 4.92. The third kappa shape index (κ3) is 6.44. The molecule has 0 saturated heterocycles. The van der Waals surface area contributed by atoms with Gasteiger partial charge in [-0.1, -0.05) is 13.8 Å². The first-order chi connectivity index (χ1) is 8.31. The maximum Gasteiger partial charge on any atom is 0.404 e. The lowest BCUT2D eigenvalue weighted by Crippen LogP contribution is -2.40. The van der Waals surface area contributed by atoms with Gasteiger partial charge in [0.25, 0.3) is 0 Å². The average molecular weight is 261 g/mol. The molecule has 0 aliphatic carbocycles. The summed E-state index contributed by atoms with van der Waals surface area (Å²) in [5.41, 5.74) is 3.85. The number of carbonyl (C=O) groups excluding carboxylic acids is 2. The Morgan fingerprint density at radius 2 is 1.83 bits per heavy atom. The molecule has 0 aliphatic heterocycles. The highest BCUT2D eigenvalue weighted by Gasteiger charge is 2.36. The van der Waals surface area contributed by atoms with Crippen LogP contribution in [0.3, 0.4) is 0 Å². The van der Waals surface area contributed by atoms with Crippen molar-refractivity contribution >= 4 is 12.1 Å². The van der Waals surface area contributed by atoms with Crippen molar-refractivity contribution < 1.29 is 23.8 Å². The molecule has 0 bridgehead atoms. The molecule has 1 amide bonds. The third-order valence-corrected chi connectivity index (χ3v) is 2.42. The Morgan fingerprint density at radius 3 is 2.28 bits per heavy atom. The quantitative estimate of drug-likeness (QED) is 0.666. The van der Waals surface area contributed by atoms with Gasteiger partial charge in [0, 0.05) is 7.11 Å². The van der Waals surface area contributed by atoms with Gasteiger partial charge in [0.2, 0.25) is 0 Å². The monoisotopic (exact) mass is 261 g/mol. The van der Waals surface area contributed by atoms with Crippen LogP contribution in [-0.2, 0) is 19.0 Å². The van der Waals surface area contributed by atoms with E-state index in [1.54, 1.807) is 6.92 Å². The van der Waals surface area contributed by atoms with E-state index in [-0.39, 0.29) is 13.2 Å². The molecule has 0 fully saturated rings. The minimum atomic E-state index is -1.03. The van der Waals surface area contributed by atoms with Crippen molar-refractivity contribution in [2.75, 3.05) is 26.9 Å². The molecule has 0 spiro atoms. The van der Waals surface area contributed by atoms with Crippen LogP contribution in [-0.4, -0.2) is 39.0 Å². The van der Waals surface area contributed by atoms with Gasteiger partial charge in [-0.25, -0.2) is 4.79 Å². The number of esters is 1. The summed E-state index contributed by atoms with van der Waals surface area (Å²) < 4.78 is 14.8. The standard InChI is InChI=1S/C12H23NO5/c1-9(2)5-6-17-10(14)12(3,7-16-4)8-18-11(13)15/h9H,5-8H2,1-4H3,(H2,13,15). The summed E-state index contributed by atoms with van der Waals surface area (Å²) in [6, 6.07) is 0. The van der Waals surface area contributed by atoms with Crippen molar-refractivity contribution in [2.45, 2.75) is 27.2 Å². The van der Waals surface area contributed by atoms with Crippen molar-refractivity contribution in [1.82, 2.24) is 0 Å². The first-order valence-corrected chi connectivity index (χ1v) is 5.90.